The molecular formula is C34H37ClFN4O3U-. The van der Waals surface area contributed by atoms with Crippen LogP contribution in [0, 0.1) is 49.8 Å². The molecule has 0 radical (unpaired) electrons. The van der Waals surface area contributed by atoms with Crippen molar-refractivity contribution in [1.29, 1.82) is 0 Å². The Bertz CT molecular complexity index is 1430. The molecule has 3 heterocycles. The first-order valence-electron chi connectivity index (χ1n) is 14.0. The van der Waals surface area contributed by atoms with Gasteiger partial charge in [0.2, 0.25) is 11.8 Å². The number of allylic oxidation sites excluding steroid dienone is 4. The maximum atomic E-state index is 14.1. The molecule has 10 heteroatoms. The maximum absolute atomic E-state index is 14.1. The van der Waals surface area contributed by atoms with Crippen molar-refractivity contribution < 1.29 is 49.5 Å². The standard InChI is InChI=1S/C32H35ClFN4O3.C2H2.U/c1-4-24(3)30(18-23(2)21-39)38(20-32-35-12-17-40-32)16-15-37-13-10-25(11-14-37)29-6-5-7-31(36-29)41-22-26-8-9-27(33)19-28(26)34;1-2;/h4-9,12,17-19,25H,1,10-11,13-16,20,22H2,2-3H3;1-2H;/q-1;;/b23-18+,30-24+;;. The molecule has 0 amide bonds. The van der Waals surface area contributed by atoms with Gasteiger partial charge in [0.25, 0.3) is 0 Å². The van der Waals surface area contributed by atoms with E-state index in [-0.39, 0.29) is 37.7 Å². The molecule has 1 saturated heterocycles. The second-order valence-corrected chi connectivity index (χ2v) is 10.5. The monoisotopic (exact) mass is 841 g/mol. The molecule has 44 heavy (non-hydrogen) atoms. The number of pyridine rings is 1. The van der Waals surface area contributed by atoms with Gasteiger partial charge >= 0.3 is 0 Å². The summed E-state index contributed by atoms with van der Waals surface area (Å²) in [5.74, 6) is 1.01. The Balaban J connectivity index is 0.00000220. The Morgan fingerprint density at radius 1 is 1.27 bits per heavy atom. The van der Waals surface area contributed by atoms with Crippen LogP contribution in [0.1, 0.15) is 49.8 Å². The number of benzene rings is 1. The number of likely N-dealkylation sites (tertiary alicyclic amines) is 1. The van der Waals surface area contributed by atoms with Crippen LogP contribution >= 0.6 is 11.6 Å². The average Bonchev–Trinajstić information content (AvgIpc) is 3.55. The third-order valence-electron chi connectivity index (χ3n) is 7.20. The minimum absolute atomic E-state index is 0. The fourth-order valence-corrected chi connectivity index (χ4v) is 4.97. The molecule has 0 saturated carbocycles. The number of rotatable bonds is 13. The molecule has 7 nitrogen and oxygen atoms in total. The molecule has 4 rings (SSSR count). The fraction of sp³-hybridized carbons (Fsp3) is 0.324. The van der Waals surface area contributed by atoms with E-state index < -0.39 is 5.82 Å². The van der Waals surface area contributed by atoms with E-state index in [0.29, 0.717) is 40.4 Å². The van der Waals surface area contributed by atoms with E-state index >= 15 is 0 Å². The predicted octanol–water partition coefficient (Wildman–Crippen LogP) is 6.89. The molecule has 0 aliphatic carbocycles. The molecule has 230 valence electrons. The number of oxazole rings is 1. The fourth-order valence-electron chi connectivity index (χ4n) is 4.82. The molecule has 0 bridgehead atoms. The molecular weight excluding hydrogens is 805 g/mol. The number of hydrogen-bond acceptors (Lipinski definition) is 7. The zero-order valence-corrected chi connectivity index (χ0v) is 30.1. The number of terminal acetylenes is 1. The van der Waals surface area contributed by atoms with Crippen molar-refractivity contribution >= 4 is 17.9 Å². The van der Waals surface area contributed by atoms with Gasteiger partial charge in [-0.2, -0.15) is 11.6 Å². The number of nitrogens with zero attached hydrogens (tertiary/aromatic N) is 4. The molecule has 1 aliphatic rings. The van der Waals surface area contributed by atoms with Gasteiger partial charge in [-0.3, -0.25) is 0 Å². The third-order valence-corrected chi connectivity index (χ3v) is 7.44. The van der Waals surface area contributed by atoms with Gasteiger partial charge in [-0.15, -0.1) is 12.8 Å². The Morgan fingerprint density at radius 3 is 2.66 bits per heavy atom. The minimum atomic E-state index is -0.393. The van der Waals surface area contributed by atoms with Crippen molar-refractivity contribution in [2.45, 2.75) is 45.8 Å². The normalized spacial score (nSPS) is 14.4. The van der Waals surface area contributed by atoms with Gasteiger partial charge in [-0.05, 0) is 68.6 Å². The first kappa shape index (κ1) is 37.1. The van der Waals surface area contributed by atoms with Gasteiger partial charge in [0, 0.05) is 72.5 Å². The molecule has 1 aliphatic heterocycles. The molecule has 0 spiro atoms. The van der Waals surface area contributed by atoms with Crippen LogP contribution in [0.3, 0.4) is 0 Å². The average molecular weight is 842 g/mol. The maximum Gasteiger partial charge on any atom is 0.213 e. The zero-order valence-electron chi connectivity index (χ0n) is 25.1. The van der Waals surface area contributed by atoms with Crippen molar-refractivity contribution in [2.24, 2.45) is 0 Å². The van der Waals surface area contributed by atoms with E-state index in [9.17, 15) is 9.18 Å². The van der Waals surface area contributed by atoms with E-state index in [1.807, 2.05) is 31.4 Å². The Labute approximate surface area is 288 Å². The van der Waals surface area contributed by atoms with Gasteiger partial charge < -0.3 is 23.7 Å². The second-order valence-electron chi connectivity index (χ2n) is 10.1. The largest absolute Gasteiger partial charge is 0.473 e. The summed E-state index contributed by atoms with van der Waals surface area (Å²) < 4.78 is 25.4. The summed E-state index contributed by atoms with van der Waals surface area (Å²) in [6.07, 6.45) is 18.7. The summed E-state index contributed by atoms with van der Waals surface area (Å²) in [4.78, 5) is 24.9. The topological polar surface area (TPSA) is 71.7 Å². The SMILES string of the molecule is C#C.C=C/C(C)=C(\C=C(/C)[C-]=O)N(CCN1CCC(c2cccc(OCc3ccc(Cl)cc3F)n2)CC1)Cc1ncco1.[U]. The van der Waals surface area contributed by atoms with Gasteiger partial charge in [0.15, 0.2) is 0 Å². The van der Waals surface area contributed by atoms with Crippen LogP contribution in [0.2, 0.25) is 5.02 Å². The van der Waals surface area contributed by atoms with E-state index in [4.69, 9.17) is 25.7 Å². The summed E-state index contributed by atoms with van der Waals surface area (Å²) in [7, 11) is 0. The number of aromatic nitrogens is 2. The number of ether oxygens (including phenoxy) is 1. The van der Waals surface area contributed by atoms with E-state index in [1.165, 1.54) is 6.07 Å². The molecule has 0 atom stereocenters. The molecule has 0 N–H and O–H groups in total. The first-order chi connectivity index (χ1) is 20.9. The quantitative estimate of drug-likeness (QED) is 0.0805. The first-order valence-corrected chi connectivity index (χ1v) is 14.4. The Kier molecular flexibility index (Phi) is 16.2. The molecule has 0 unspecified atom stereocenters. The van der Waals surface area contributed by atoms with Crippen molar-refractivity contribution in [3.05, 3.63) is 112 Å². The summed E-state index contributed by atoms with van der Waals surface area (Å²) in [5, 5.41) is 0.354. The van der Waals surface area contributed by atoms with Crippen LogP contribution in [-0.2, 0) is 17.9 Å². The second kappa shape index (κ2) is 19.3. The smallest absolute Gasteiger partial charge is 0.213 e. The Hall–Kier alpha value is -3.14. The van der Waals surface area contributed by atoms with Crippen molar-refractivity contribution in [3.63, 3.8) is 0 Å². The number of piperidine rings is 1. The number of carbonyl (C=O) groups excluding carboxylic acids is 1. The minimum Gasteiger partial charge on any atom is -0.473 e. The van der Waals surface area contributed by atoms with Crippen molar-refractivity contribution in [1.82, 2.24) is 19.8 Å². The van der Waals surface area contributed by atoms with Gasteiger partial charge in [0.05, 0.1) is 12.7 Å². The molecule has 1 aromatic carbocycles. The predicted molar refractivity (Wildman–Crippen MR) is 168 cm³/mol. The van der Waals surface area contributed by atoms with E-state index in [2.05, 4.69) is 34.2 Å². The van der Waals surface area contributed by atoms with Crippen molar-refractivity contribution in [3.8, 4) is 18.7 Å². The molecule has 2 aromatic heterocycles. The number of halogens is 2. The van der Waals surface area contributed by atoms with Gasteiger partial charge in [-0.25, -0.2) is 14.4 Å². The van der Waals surface area contributed by atoms with Crippen LogP contribution in [0.5, 0.6) is 5.88 Å². The van der Waals surface area contributed by atoms with Crippen LogP contribution < -0.4 is 4.74 Å². The molecule has 3 aromatic rings. The summed E-state index contributed by atoms with van der Waals surface area (Å²) in [6, 6.07) is 10.3. The summed E-state index contributed by atoms with van der Waals surface area (Å²) in [5.41, 5.74) is 3.78. The van der Waals surface area contributed by atoms with E-state index in [0.717, 1.165) is 56.0 Å². The van der Waals surface area contributed by atoms with Crippen LogP contribution in [-0.4, -0.2) is 52.2 Å². The van der Waals surface area contributed by atoms with Crippen molar-refractivity contribution in [2.75, 3.05) is 26.2 Å². The molecule has 1 fully saturated rings. The van der Waals surface area contributed by atoms with Crippen LogP contribution in [0.25, 0.3) is 0 Å². The number of hydrogen-bond donors (Lipinski definition) is 0. The van der Waals surface area contributed by atoms with Gasteiger partial charge in [-0.1, -0.05) is 43.3 Å². The Morgan fingerprint density at radius 2 is 2.02 bits per heavy atom. The van der Waals surface area contributed by atoms with Gasteiger partial charge in [0.1, 0.15) is 18.7 Å². The van der Waals surface area contributed by atoms with E-state index in [1.54, 1.807) is 43.7 Å². The zero-order chi connectivity index (χ0) is 31.2. The summed E-state index contributed by atoms with van der Waals surface area (Å²) in [6.45, 7) is 11.6. The van der Waals surface area contributed by atoms with Crippen LogP contribution in [0.4, 0.5) is 4.39 Å². The summed E-state index contributed by atoms with van der Waals surface area (Å²) >= 11 is 5.84. The van der Waals surface area contributed by atoms with Crippen LogP contribution in [0.15, 0.2) is 88.8 Å². The third kappa shape index (κ3) is 11.1.